The van der Waals surface area contributed by atoms with Gasteiger partial charge in [0, 0.05) is 16.7 Å². The van der Waals surface area contributed by atoms with Crippen LogP contribution in [0, 0.1) is 5.82 Å². The van der Waals surface area contributed by atoms with Gasteiger partial charge in [-0.25, -0.2) is 12.8 Å². The van der Waals surface area contributed by atoms with E-state index in [2.05, 4.69) is 10.6 Å². The Morgan fingerprint density at radius 1 is 0.941 bits per heavy atom. The SMILES string of the molecule is CC(C)(C)NC(=O)c1ccccc1NC(=O)CN1c2ccc(F)cc2-c2ccccc2S1(=O)=O. The van der Waals surface area contributed by atoms with Crippen LogP contribution in [0.3, 0.4) is 0 Å². The third kappa shape index (κ3) is 4.51. The normalized spacial score (nSPS) is 14.1. The van der Waals surface area contributed by atoms with Crippen LogP contribution in [0.15, 0.2) is 71.6 Å². The van der Waals surface area contributed by atoms with Gasteiger partial charge >= 0.3 is 0 Å². The minimum Gasteiger partial charge on any atom is -0.347 e. The third-order valence-electron chi connectivity index (χ3n) is 5.19. The monoisotopic (exact) mass is 481 g/mol. The van der Waals surface area contributed by atoms with Crippen molar-refractivity contribution in [1.82, 2.24) is 5.32 Å². The second-order valence-electron chi connectivity index (χ2n) is 8.97. The van der Waals surface area contributed by atoms with Crippen molar-refractivity contribution >= 4 is 33.2 Å². The van der Waals surface area contributed by atoms with Gasteiger partial charge in [0.2, 0.25) is 5.91 Å². The molecule has 0 aliphatic carbocycles. The largest absolute Gasteiger partial charge is 0.347 e. The molecule has 0 fully saturated rings. The van der Waals surface area contributed by atoms with E-state index >= 15 is 0 Å². The molecule has 7 nitrogen and oxygen atoms in total. The molecular weight excluding hydrogens is 457 g/mol. The fourth-order valence-electron chi connectivity index (χ4n) is 3.79. The van der Waals surface area contributed by atoms with Crippen molar-refractivity contribution in [3.05, 3.63) is 78.1 Å². The number of hydrogen-bond donors (Lipinski definition) is 2. The molecular formula is C25H24FN3O4S. The lowest BCUT2D eigenvalue weighted by Gasteiger charge is -2.31. The van der Waals surface area contributed by atoms with E-state index in [1.807, 2.05) is 20.8 Å². The lowest BCUT2D eigenvalue weighted by Crippen LogP contribution is -2.42. The number of nitrogens with zero attached hydrogens (tertiary/aromatic N) is 1. The zero-order valence-corrected chi connectivity index (χ0v) is 19.7. The fourth-order valence-corrected chi connectivity index (χ4v) is 5.44. The molecule has 3 aromatic rings. The van der Waals surface area contributed by atoms with Crippen LogP contribution in [0.4, 0.5) is 15.8 Å². The van der Waals surface area contributed by atoms with Crippen molar-refractivity contribution in [3.63, 3.8) is 0 Å². The number of carbonyl (C=O) groups is 2. The average molecular weight is 482 g/mol. The third-order valence-corrected chi connectivity index (χ3v) is 7.01. The maximum absolute atomic E-state index is 14.0. The second-order valence-corrected chi connectivity index (χ2v) is 10.8. The van der Waals surface area contributed by atoms with Gasteiger partial charge in [0.15, 0.2) is 0 Å². The minimum absolute atomic E-state index is 0.00847. The summed E-state index contributed by atoms with van der Waals surface area (Å²) < 4.78 is 41.7. The second kappa shape index (κ2) is 8.57. The van der Waals surface area contributed by atoms with Crippen LogP contribution in [-0.2, 0) is 14.8 Å². The van der Waals surface area contributed by atoms with E-state index < -0.39 is 33.8 Å². The standard InChI is InChI=1S/C25H24FN3O4S/c1-25(2,3)28-24(31)18-9-4-6-10-20(18)27-23(30)15-29-21-13-12-16(26)14-19(21)17-8-5-7-11-22(17)34(29,32)33/h4-14H,15H2,1-3H3,(H,27,30)(H,28,31). The highest BCUT2D eigenvalue weighted by Crippen LogP contribution is 2.43. The van der Waals surface area contributed by atoms with Gasteiger partial charge in [0.1, 0.15) is 12.4 Å². The smallest absolute Gasteiger partial charge is 0.265 e. The molecule has 9 heteroatoms. The van der Waals surface area contributed by atoms with E-state index in [9.17, 15) is 22.4 Å². The molecule has 176 valence electrons. The first-order chi connectivity index (χ1) is 16.0. The van der Waals surface area contributed by atoms with Crippen LogP contribution in [-0.4, -0.2) is 32.3 Å². The summed E-state index contributed by atoms with van der Waals surface area (Å²) >= 11 is 0. The molecule has 0 saturated heterocycles. The van der Waals surface area contributed by atoms with Gasteiger partial charge in [-0.05, 0) is 57.2 Å². The van der Waals surface area contributed by atoms with Gasteiger partial charge < -0.3 is 10.6 Å². The molecule has 4 rings (SSSR count). The Bertz CT molecular complexity index is 1400. The van der Waals surface area contributed by atoms with E-state index in [4.69, 9.17) is 0 Å². The van der Waals surface area contributed by atoms with Crippen molar-refractivity contribution in [2.45, 2.75) is 31.2 Å². The first-order valence-corrected chi connectivity index (χ1v) is 12.0. The number of fused-ring (bicyclic) bond motifs is 3. The number of para-hydroxylation sites is 1. The molecule has 1 aliphatic rings. The fraction of sp³-hybridized carbons (Fsp3) is 0.200. The van der Waals surface area contributed by atoms with Gasteiger partial charge in [-0.1, -0.05) is 30.3 Å². The lowest BCUT2D eigenvalue weighted by atomic mass is 10.0. The Morgan fingerprint density at radius 3 is 2.35 bits per heavy atom. The number of benzene rings is 3. The highest BCUT2D eigenvalue weighted by Gasteiger charge is 2.36. The Balaban J connectivity index is 1.66. The zero-order valence-electron chi connectivity index (χ0n) is 18.9. The molecule has 1 heterocycles. The molecule has 34 heavy (non-hydrogen) atoms. The Hall–Kier alpha value is -3.72. The van der Waals surface area contributed by atoms with Gasteiger partial charge in [0.05, 0.1) is 21.8 Å². The van der Waals surface area contributed by atoms with Crippen LogP contribution in [0.2, 0.25) is 0 Å². The summed E-state index contributed by atoms with van der Waals surface area (Å²) in [5, 5.41) is 5.49. The summed E-state index contributed by atoms with van der Waals surface area (Å²) in [6, 6.07) is 16.5. The van der Waals surface area contributed by atoms with Crippen LogP contribution in [0.1, 0.15) is 31.1 Å². The molecule has 1 aliphatic heterocycles. The average Bonchev–Trinajstić information content (AvgIpc) is 2.76. The number of anilines is 2. The maximum Gasteiger partial charge on any atom is 0.265 e. The van der Waals surface area contributed by atoms with E-state index in [-0.39, 0.29) is 27.7 Å². The van der Waals surface area contributed by atoms with E-state index in [0.717, 1.165) is 10.4 Å². The topological polar surface area (TPSA) is 95.6 Å². The molecule has 0 radical (unpaired) electrons. The molecule has 0 aromatic heterocycles. The summed E-state index contributed by atoms with van der Waals surface area (Å²) in [5.74, 6) is -1.53. The molecule has 2 amide bonds. The summed E-state index contributed by atoms with van der Waals surface area (Å²) in [7, 11) is -4.08. The van der Waals surface area contributed by atoms with Crippen molar-refractivity contribution < 1.29 is 22.4 Å². The molecule has 0 unspecified atom stereocenters. The molecule has 3 aromatic carbocycles. The number of sulfonamides is 1. The Labute approximate surface area is 197 Å². The van der Waals surface area contributed by atoms with Crippen LogP contribution in [0.25, 0.3) is 11.1 Å². The number of hydrogen-bond acceptors (Lipinski definition) is 4. The minimum atomic E-state index is -4.08. The van der Waals surface area contributed by atoms with E-state index in [1.165, 1.54) is 18.2 Å². The molecule has 0 atom stereocenters. The summed E-state index contributed by atoms with van der Waals surface area (Å²) in [5.41, 5.74) is 0.973. The molecule has 0 spiro atoms. The number of nitrogens with one attached hydrogen (secondary N) is 2. The van der Waals surface area contributed by atoms with E-state index in [0.29, 0.717) is 11.1 Å². The van der Waals surface area contributed by atoms with Crippen molar-refractivity contribution in [2.75, 3.05) is 16.2 Å². The summed E-state index contributed by atoms with van der Waals surface area (Å²) in [6.45, 7) is 4.97. The van der Waals surface area contributed by atoms with Crippen molar-refractivity contribution in [1.29, 1.82) is 0 Å². The predicted octanol–water partition coefficient (Wildman–Crippen LogP) is 4.17. The zero-order chi connectivity index (χ0) is 24.7. The first kappa shape index (κ1) is 23.4. The molecule has 0 bridgehead atoms. The highest BCUT2D eigenvalue weighted by molar-refractivity contribution is 7.93. The Kier molecular flexibility index (Phi) is 5.91. The Morgan fingerprint density at radius 2 is 1.62 bits per heavy atom. The lowest BCUT2D eigenvalue weighted by molar-refractivity contribution is -0.114. The van der Waals surface area contributed by atoms with Gasteiger partial charge in [-0.2, -0.15) is 0 Å². The molecule has 0 saturated carbocycles. The van der Waals surface area contributed by atoms with Gasteiger partial charge in [0.25, 0.3) is 15.9 Å². The number of carbonyl (C=O) groups excluding carboxylic acids is 2. The van der Waals surface area contributed by atoms with Crippen LogP contribution >= 0.6 is 0 Å². The van der Waals surface area contributed by atoms with Gasteiger partial charge in [-0.3, -0.25) is 13.9 Å². The number of amides is 2. The van der Waals surface area contributed by atoms with Crippen molar-refractivity contribution in [2.24, 2.45) is 0 Å². The molecule has 2 N–H and O–H groups in total. The maximum atomic E-state index is 14.0. The van der Waals surface area contributed by atoms with Crippen LogP contribution < -0.4 is 14.9 Å². The van der Waals surface area contributed by atoms with Crippen LogP contribution in [0.5, 0.6) is 0 Å². The van der Waals surface area contributed by atoms with Crippen molar-refractivity contribution in [3.8, 4) is 11.1 Å². The van der Waals surface area contributed by atoms with E-state index in [1.54, 1.807) is 42.5 Å². The summed E-state index contributed by atoms with van der Waals surface area (Å²) in [4.78, 5) is 25.7. The quantitative estimate of drug-likeness (QED) is 0.585. The predicted molar refractivity (Wildman–Crippen MR) is 129 cm³/mol. The number of halogens is 1. The van der Waals surface area contributed by atoms with Gasteiger partial charge in [-0.15, -0.1) is 0 Å². The first-order valence-electron chi connectivity index (χ1n) is 10.6. The number of rotatable bonds is 4. The summed E-state index contributed by atoms with van der Waals surface area (Å²) in [6.07, 6.45) is 0. The highest BCUT2D eigenvalue weighted by atomic mass is 32.2.